The molecule has 80 valence electrons. The Morgan fingerprint density at radius 1 is 1.33 bits per heavy atom. The number of rotatable bonds is 2. The molecule has 0 amide bonds. The Morgan fingerprint density at radius 3 is 2.53 bits per heavy atom. The van der Waals surface area contributed by atoms with Crippen molar-refractivity contribution in [2.45, 2.75) is 13.0 Å². The third kappa shape index (κ3) is 2.36. The van der Waals surface area contributed by atoms with Crippen molar-refractivity contribution in [2.75, 3.05) is 0 Å². The van der Waals surface area contributed by atoms with Crippen LogP contribution in [0.15, 0.2) is 26.5 Å². The van der Waals surface area contributed by atoms with Gasteiger partial charge in [-0.1, -0.05) is 0 Å². The molecule has 15 heavy (non-hydrogen) atoms. The maximum Gasteiger partial charge on any atom is 0.123 e. The van der Waals surface area contributed by atoms with Crippen LogP contribution < -0.4 is 0 Å². The lowest BCUT2D eigenvalue weighted by Gasteiger charge is -2.06. The van der Waals surface area contributed by atoms with Gasteiger partial charge in [-0.3, -0.25) is 0 Å². The number of aryl methyl sites for hydroxylation is 1. The second-order valence-electron chi connectivity index (χ2n) is 3.09. The van der Waals surface area contributed by atoms with Crippen molar-refractivity contribution in [2.24, 2.45) is 0 Å². The van der Waals surface area contributed by atoms with E-state index in [1.54, 1.807) is 22.7 Å². The van der Waals surface area contributed by atoms with Crippen molar-refractivity contribution in [3.8, 4) is 0 Å². The smallest absolute Gasteiger partial charge is 0.123 e. The van der Waals surface area contributed by atoms with Gasteiger partial charge in [0.05, 0.1) is 4.88 Å². The minimum absolute atomic E-state index is 0.519. The zero-order valence-electron chi connectivity index (χ0n) is 7.83. The molecule has 2 rings (SSSR count). The van der Waals surface area contributed by atoms with Gasteiger partial charge in [-0.2, -0.15) is 0 Å². The molecule has 0 aliphatic rings. The van der Waals surface area contributed by atoms with Gasteiger partial charge in [0, 0.05) is 18.7 Å². The first-order valence-corrected chi connectivity index (χ1v) is 7.54. The van der Waals surface area contributed by atoms with Crippen molar-refractivity contribution >= 4 is 54.5 Å². The number of aliphatic hydroxyl groups is 1. The molecule has 0 saturated heterocycles. The summed E-state index contributed by atoms with van der Waals surface area (Å²) >= 11 is 10.1. The first-order valence-electron chi connectivity index (χ1n) is 4.26. The number of aliphatic hydroxyl groups excluding tert-OH is 1. The fraction of sp³-hybridized carbons (Fsp3) is 0.200. The van der Waals surface area contributed by atoms with Crippen molar-refractivity contribution in [3.63, 3.8) is 0 Å². The Morgan fingerprint density at radius 2 is 2.07 bits per heavy atom. The lowest BCUT2D eigenvalue weighted by atomic mass is 10.2. The van der Waals surface area contributed by atoms with Gasteiger partial charge >= 0.3 is 0 Å². The number of hydrogen-bond donors (Lipinski definition) is 1. The maximum atomic E-state index is 10.2. The summed E-state index contributed by atoms with van der Waals surface area (Å²) in [5, 5.41) is 12.1. The van der Waals surface area contributed by atoms with Crippen molar-refractivity contribution in [1.82, 2.24) is 0 Å². The van der Waals surface area contributed by atoms with Gasteiger partial charge < -0.3 is 5.11 Å². The maximum absolute atomic E-state index is 10.2. The van der Waals surface area contributed by atoms with Gasteiger partial charge in [0.1, 0.15) is 6.10 Å². The van der Waals surface area contributed by atoms with Crippen LogP contribution in [0.2, 0.25) is 0 Å². The summed E-state index contributed by atoms with van der Waals surface area (Å²) in [6, 6.07) is 3.94. The highest BCUT2D eigenvalue weighted by molar-refractivity contribution is 9.10. The van der Waals surface area contributed by atoms with Crippen LogP contribution in [-0.4, -0.2) is 5.11 Å². The molecule has 1 nitrogen and oxygen atoms in total. The molecule has 5 heteroatoms. The lowest BCUT2D eigenvalue weighted by molar-refractivity contribution is 0.227. The van der Waals surface area contributed by atoms with E-state index in [0.29, 0.717) is 0 Å². The summed E-state index contributed by atoms with van der Waals surface area (Å²) in [6.07, 6.45) is -0.519. The molecule has 1 N–H and O–H groups in total. The second-order valence-corrected chi connectivity index (χ2v) is 7.03. The predicted octanol–water partition coefficient (Wildman–Crippen LogP) is 4.72. The van der Waals surface area contributed by atoms with E-state index >= 15 is 0 Å². The van der Waals surface area contributed by atoms with Crippen molar-refractivity contribution in [3.05, 3.63) is 41.1 Å². The predicted molar refractivity (Wildman–Crippen MR) is 72.8 cm³/mol. The molecule has 0 aromatic carbocycles. The van der Waals surface area contributed by atoms with Gasteiger partial charge in [0.15, 0.2) is 0 Å². The Bertz CT molecular complexity index is 456. The summed E-state index contributed by atoms with van der Waals surface area (Å²) in [7, 11) is 0. The molecule has 0 fully saturated rings. The minimum atomic E-state index is -0.519. The van der Waals surface area contributed by atoms with Crippen LogP contribution >= 0.6 is 54.5 Å². The van der Waals surface area contributed by atoms with Gasteiger partial charge in [-0.25, -0.2) is 0 Å². The van der Waals surface area contributed by atoms with E-state index in [1.165, 1.54) is 4.88 Å². The lowest BCUT2D eigenvalue weighted by Crippen LogP contribution is -1.93. The number of thiophene rings is 2. The van der Waals surface area contributed by atoms with Crippen LogP contribution in [0.4, 0.5) is 0 Å². The Hall–Kier alpha value is 0.320. The van der Waals surface area contributed by atoms with Gasteiger partial charge in [-0.05, 0) is 56.3 Å². The average Bonchev–Trinajstić information content (AvgIpc) is 2.74. The SMILES string of the molecule is Cc1sc(C(O)c2sccc2Br)cc1Br. The largest absolute Gasteiger partial charge is 0.382 e. The fourth-order valence-corrected chi connectivity index (χ4v) is 4.47. The topological polar surface area (TPSA) is 20.2 Å². The molecule has 1 atom stereocenters. The Balaban J connectivity index is 2.36. The number of halogens is 2. The normalized spacial score (nSPS) is 13.1. The van der Waals surface area contributed by atoms with E-state index < -0.39 is 6.10 Å². The molecule has 2 aromatic heterocycles. The molecule has 0 radical (unpaired) electrons. The summed E-state index contributed by atoms with van der Waals surface area (Å²) in [4.78, 5) is 3.13. The summed E-state index contributed by atoms with van der Waals surface area (Å²) in [5.41, 5.74) is 0. The van der Waals surface area contributed by atoms with Gasteiger partial charge in [0.25, 0.3) is 0 Å². The van der Waals surface area contributed by atoms with E-state index in [0.717, 1.165) is 18.7 Å². The minimum Gasteiger partial charge on any atom is -0.382 e. The standard InChI is InChI=1S/C10H8Br2OS2/c1-5-7(12)4-8(15-5)9(13)10-6(11)2-3-14-10/h2-4,9,13H,1H3. The molecular weight excluding hydrogens is 360 g/mol. The molecular formula is C10H8Br2OS2. The Kier molecular flexibility index (Phi) is 3.67. The molecule has 0 bridgehead atoms. The molecule has 2 heterocycles. The monoisotopic (exact) mass is 366 g/mol. The zero-order valence-corrected chi connectivity index (χ0v) is 12.6. The van der Waals surface area contributed by atoms with Crippen LogP contribution in [0.1, 0.15) is 20.7 Å². The molecule has 0 spiro atoms. The van der Waals surface area contributed by atoms with Crippen LogP contribution in [0, 0.1) is 6.92 Å². The molecule has 0 aliphatic heterocycles. The average molecular weight is 368 g/mol. The van der Waals surface area contributed by atoms with Crippen LogP contribution in [0.3, 0.4) is 0 Å². The van der Waals surface area contributed by atoms with Crippen LogP contribution in [0.25, 0.3) is 0 Å². The van der Waals surface area contributed by atoms with E-state index in [4.69, 9.17) is 0 Å². The second kappa shape index (κ2) is 4.67. The summed E-state index contributed by atoms with van der Waals surface area (Å²) < 4.78 is 2.04. The van der Waals surface area contributed by atoms with E-state index in [-0.39, 0.29) is 0 Å². The van der Waals surface area contributed by atoms with Crippen molar-refractivity contribution in [1.29, 1.82) is 0 Å². The Labute approximate surface area is 113 Å². The fourth-order valence-electron chi connectivity index (χ4n) is 1.25. The first-order chi connectivity index (χ1) is 7.09. The first kappa shape index (κ1) is 11.8. The van der Waals surface area contributed by atoms with Crippen LogP contribution in [-0.2, 0) is 0 Å². The molecule has 0 aliphatic carbocycles. The quantitative estimate of drug-likeness (QED) is 0.813. The van der Waals surface area contributed by atoms with Gasteiger partial charge in [0.2, 0.25) is 0 Å². The van der Waals surface area contributed by atoms with E-state index in [2.05, 4.69) is 31.9 Å². The highest BCUT2D eigenvalue weighted by Crippen LogP contribution is 2.38. The van der Waals surface area contributed by atoms with Crippen LogP contribution in [0.5, 0.6) is 0 Å². The molecule has 1 unspecified atom stereocenters. The van der Waals surface area contributed by atoms with E-state index in [9.17, 15) is 5.11 Å². The molecule has 2 aromatic rings. The third-order valence-corrected chi connectivity index (χ3v) is 6.15. The van der Waals surface area contributed by atoms with Gasteiger partial charge in [-0.15, -0.1) is 22.7 Å². The van der Waals surface area contributed by atoms with Crippen molar-refractivity contribution < 1.29 is 5.11 Å². The highest BCUT2D eigenvalue weighted by atomic mass is 79.9. The third-order valence-electron chi connectivity index (χ3n) is 2.04. The van der Waals surface area contributed by atoms with E-state index in [1.807, 2.05) is 24.4 Å². The molecule has 0 saturated carbocycles. The summed E-state index contributed by atoms with van der Waals surface area (Å²) in [5.74, 6) is 0. The highest BCUT2D eigenvalue weighted by Gasteiger charge is 2.17. The zero-order chi connectivity index (χ0) is 11.0. The summed E-state index contributed by atoms with van der Waals surface area (Å²) in [6.45, 7) is 2.04. The number of hydrogen-bond acceptors (Lipinski definition) is 3.